The Morgan fingerprint density at radius 3 is 2.63 bits per heavy atom. The van der Waals surface area contributed by atoms with Crippen LogP contribution in [0.15, 0.2) is 47.1 Å². The van der Waals surface area contributed by atoms with Gasteiger partial charge in [-0.25, -0.2) is 8.78 Å². The van der Waals surface area contributed by atoms with Crippen molar-refractivity contribution in [1.82, 2.24) is 9.78 Å². The molecule has 0 amide bonds. The number of benzene rings is 2. The van der Waals surface area contributed by atoms with E-state index < -0.39 is 11.6 Å². The second-order valence-electron chi connectivity index (χ2n) is 5.46. The van der Waals surface area contributed by atoms with Gasteiger partial charge in [0.15, 0.2) is 10.9 Å². The number of anilines is 2. The fourth-order valence-electron chi connectivity index (χ4n) is 2.24. The molecule has 0 fully saturated rings. The lowest BCUT2D eigenvalue weighted by Crippen LogP contribution is -2.20. The van der Waals surface area contributed by atoms with Crippen LogP contribution in [0.4, 0.5) is 20.3 Å². The molecule has 0 bridgehead atoms. The Morgan fingerprint density at radius 1 is 1.15 bits per heavy atom. The topological polar surface area (TPSA) is 41.9 Å². The maximum atomic E-state index is 13.7. The molecule has 1 aromatic heterocycles. The first-order chi connectivity index (χ1) is 12.8. The van der Waals surface area contributed by atoms with E-state index in [2.05, 4.69) is 31.7 Å². The number of hydrogen-bond acceptors (Lipinski definition) is 2. The maximum Gasteiger partial charge on any atom is 0.176 e. The van der Waals surface area contributed by atoms with Gasteiger partial charge in [-0.15, -0.1) is 0 Å². The molecule has 0 atom stereocenters. The van der Waals surface area contributed by atoms with Crippen LogP contribution < -0.4 is 10.6 Å². The molecule has 27 heavy (non-hydrogen) atoms. The molecule has 10 heteroatoms. The molecule has 4 nitrogen and oxygen atoms in total. The van der Waals surface area contributed by atoms with Crippen LogP contribution in [0.3, 0.4) is 0 Å². The van der Waals surface area contributed by atoms with Gasteiger partial charge in [0.05, 0.1) is 16.7 Å². The first-order valence-electron chi connectivity index (χ1n) is 7.52. The van der Waals surface area contributed by atoms with Gasteiger partial charge in [-0.05, 0) is 58.0 Å². The largest absolute Gasteiger partial charge is 0.330 e. The summed E-state index contributed by atoms with van der Waals surface area (Å²) in [4.78, 5) is 0. The Labute approximate surface area is 177 Å². The predicted molar refractivity (Wildman–Crippen MR) is 112 cm³/mol. The molecule has 3 rings (SSSR count). The monoisotopic (exact) mass is 490 g/mol. The highest BCUT2D eigenvalue weighted by Gasteiger charge is 2.12. The summed E-state index contributed by atoms with van der Waals surface area (Å²) in [5.41, 5.74) is 0.897. The highest BCUT2D eigenvalue weighted by molar-refractivity contribution is 9.10. The van der Waals surface area contributed by atoms with Gasteiger partial charge in [-0.1, -0.05) is 29.3 Å². The molecule has 0 spiro atoms. The van der Waals surface area contributed by atoms with Gasteiger partial charge in [0.1, 0.15) is 11.6 Å². The van der Waals surface area contributed by atoms with Gasteiger partial charge in [0.25, 0.3) is 0 Å². The molecule has 0 aliphatic heterocycles. The van der Waals surface area contributed by atoms with Crippen molar-refractivity contribution < 1.29 is 8.78 Å². The lowest BCUT2D eigenvalue weighted by Gasteiger charge is -2.10. The molecule has 0 saturated heterocycles. The number of nitrogens with zero attached hydrogens (tertiary/aromatic N) is 2. The zero-order valence-corrected chi connectivity index (χ0v) is 17.4. The van der Waals surface area contributed by atoms with Crippen LogP contribution in [-0.4, -0.2) is 14.9 Å². The smallest absolute Gasteiger partial charge is 0.176 e. The number of aromatic nitrogens is 2. The SMILES string of the molecule is Fc1ccc(NC(=S)Nc2nn(Cc3ccc(Cl)cc3Cl)cc2Br)c(F)c1. The van der Waals surface area contributed by atoms with Crippen molar-refractivity contribution in [2.45, 2.75) is 6.54 Å². The summed E-state index contributed by atoms with van der Waals surface area (Å²) in [7, 11) is 0. The van der Waals surface area contributed by atoms with Crippen LogP contribution in [0.25, 0.3) is 0 Å². The van der Waals surface area contributed by atoms with Crippen molar-refractivity contribution in [3.8, 4) is 0 Å². The zero-order valence-electron chi connectivity index (χ0n) is 13.4. The van der Waals surface area contributed by atoms with Crippen LogP contribution in [0.2, 0.25) is 10.0 Å². The van der Waals surface area contributed by atoms with Crippen LogP contribution in [0.5, 0.6) is 0 Å². The van der Waals surface area contributed by atoms with E-state index in [1.54, 1.807) is 23.0 Å². The second kappa shape index (κ2) is 8.52. The van der Waals surface area contributed by atoms with Crippen LogP contribution in [0.1, 0.15) is 5.56 Å². The van der Waals surface area contributed by atoms with Crippen molar-refractivity contribution in [3.05, 3.63) is 74.3 Å². The standard InChI is InChI=1S/C17H11BrCl2F2N4S/c18-12-8-26(7-9-1-2-10(19)5-13(9)20)25-16(12)24-17(27)23-15-4-3-11(21)6-14(15)22/h1-6,8H,7H2,(H2,23,24,25,27). The average molecular weight is 492 g/mol. The van der Waals surface area contributed by atoms with E-state index in [0.29, 0.717) is 26.9 Å². The molecule has 0 saturated carbocycles. The molecule has 0 radical (unpaired) electrons. The molecule has 3 aromatic rings. The van der Waals surface area contributed by atoms with Gasteiger partial charge >= 0.3 is 0 Å². The Bertz CT molecular complexity index is 1010. The van der Waals surface area contributed by atoms with E-state index in [-0.39, 0.29) is 10.8 Å². The van der Waals surface area contributed by atoms with Crippen LogP contribution >= 0.6 is 51.3 Å². The highest BCUT2D eigenvalue weighted by Crippen LogP contribution is 2.25. The lowest BCUT2D eigenvalue weighted by molar-refractivity contribution is 0.586. The molecule has 0 aliphatic carbocycles. The zero-order chi connectivity index (χ0) is 19.6. The molecule has 0 aliphatic rings. The quantitative estimate of drug-likeness (QED) is 0.433. The average Bonchev–Trinajstić information content (AvgIpc) is 2.92. The number of rotatable bonds is 4. The third-order valence-corrected chi connectivity index (χ3v) is 4.85. The number of hydrogen-bond donors (Lipinski definition) is 2. The predicted octanol–water partition coefficient (Wildman–Crippen LogP) is 6.09. The maximum absolute atomic E-state index is 13.7. The number of nitrogens with one attached hydrogen (secondary N) is 2. The number of halogens is 5. The van der Waals surface area contributed by atoms with Gasteiger partial charge in [0, 0.05) is 22.3 Å². The Morgan fingerprint density at radius 2 is 1.93 bits per heavy atom. The minimum Gasteiger partial charge on any atom is -0.330 e. The molecule has 2 N–H and O–H groups in total. The van der Waals surface area contributed by atoms with E-state index in [9.17, 15) is 8.78 Å². The molecular weight excluding hydrogens is 481 g/mol. The third-order valence-electron chi connectivity index (χ3n) is 3.48. The normalized spacial score (nSPS) is 10.7. The summed E-state index contributed by atoms with van der Waals surface area (Å²) in [5.74, 6) is -0.986. The van der Waals surface area contributed by atoms with E-state index >= 15 is 0 Å². The minimum atomic E-state index is -0.749. The molecule has 140 valence electrons. The number of thiocarbonyl (C=S) groups is 1. The van der Waals surface area contributed by atoms with E-state index in [4.69, 9.17) is 35.4 Å². The van der Waals surface area contributed by atoms with E-state index in [1.807, 2.05) is 6.07 Å². The van der Waals surface area contributed by atoms with Crippen molar-refractivity contribution in [1.29, 1.82) is 0 Å². The Kier molecular flexibility index (Phi) is 6.31. The first kappa shape index (κ1) is 20.0. The lowest BCUT2D eigenvalue weighted by atomic mass is 10.2. The third kappa shape index (κ3) is 5.16. The van der Waals surface area contributed by atoms with E-state index in [0.717, 1.165) is 17.7 Å². The van der Waals surface area contributed by atoms with Gasteiger partial charge < -0.3 is 10.6 Å². The second-order valence-corrected chi connectivity index (χ2v) is 7.57. The summed E-state index contributed by atoms with van der Waals surface area (Å²) in [6.07, 6.45) is 1.74. The van der Waals surface area contributed by atoms with Crippen molar-refractivity contribution >= 4 is 68.0 Å². The fourth-order valence-corrected chi connectivity index (χ4v) is 3.33. The summed E-state index contributed by atoms with van der Waals surface area (Å²) < 4.78 is 29.0. The van der Waals surface area contributed by atoms with Crippen molar-refractivity contribution in [2.24, 2.45) is 0 Å². The molecule has 2 aromatic carbocycles. The Balaban J connectivity index is 1.69. The van der Waals surface area contributed by atoms with Crippen molar-refractivity contribution in [3.63, 3.8) is 0 Å². The Hall–Kier alpha value is -1.74. The summed E-state index contributed by atoms with van der Waals surface area (Å²) >= 11 is 20.6. The fraction of sp³-hybridized carbons (Fsp3) is 0.0588. The van der Waals surface area contributed by atoms with Gasteiger partial charge in [0.2, 0.25) is 0 Å². The summed E-state index contributed by atoms with van der Waals surface area (Å²) in [5, 5.41) is 11.1. The summed E-state index contributed by atoms with van der Waals surface area (Å²) in [6, 6.07) is 8.38. The summed E-state index contributed by atoms with van der Waals surface area (Å²) in [6.45, 7) is 0.420. The van der Waals surface area contributed by atoms with Gasteiger partial charge in [-0.2, -0.15) is 5.10 Å². The molecule has 0 unspecified atom stereocenters. The molecular formula is C17H11BrCl2F2N4S. The minimum absolute atomic E-state index is 0.0531. The van der Waals surface area contributed by atoms with Crippen LogP contribution in [-0.2, 0) is 6.54 Å². The van der Waals surface area contributed by atoms with Gasteiger partial charge in [-0.3, -0.25) is 4.68 Å². The van der Waals surface area contributed by atoms with Crippen molar-refractivity contribution in [2.75, 3.05) is 10.6 Å². The molecule has 1 heterocycles. The van der Waals surface area contributed by atoms with E-state index in [1.165, 1.54) is 6.07 Å². The highest BCUT2D eigenvalue weighted by atomic mass is 79.9. The first-order valence-corrected chi connectivity index (χ1v) is 9.47. The van der Waals surface area contributed by atoms with Crippen LogP contribution in [0, 0.1) is 11.6 Å².